The quantitative estimate of drug-likeness (QED) is 0.483. The number of hydrogen-bond acceptors (Lipinski definition) is 5. The maximum absolute atomic E-state index is 11.3. The van der Waals surface area contributed by atoms with Crippen LogP contribution >= 0.6 is 0 Å². The Morgan fingerprint density at radius 3 is 3.00 bits per heavy atom. The van der Waals surface area contributed by atoms with Crippen LogP contribution in [-0.2, 0) is 0 Å². The second-order valence-corrected chi connectivity index (χ2v) is 3.04. The van der Waals surface area contributed by atoms with Gasteiger partial charge in [0, 0.05) is 13.2 Å². The summed E-state index contributed by atoms with van der Waals surface area (Å²) >= 11 is 0. The van der Waals surface area contributed by atoms with E-state index < -0.39 is 0 Å². The van der Waals surface area contributed by atoms with Crippen LogP contribution in [0.1, 0.15) is 17.5 Å². The van der Waals surface area contributed by atoms with Crippen LogP contribution in [0.25, 0.3) is 0 Å². The largest absolute Gasteiger partial charge is 0.396 e. The summed E-state index contributed by atoms with van der Waals surface area (Å²) in [5, 5.41) is 17.2. The Labute approximate surface area is 80.7 Å². The predicted molar refractivity (Wildman–Crippen MR) is 49.4 cm³/mol. The van der Waals surface area contributed by atoms with Gasteiger partial charge >= 0.3 is 0 Å². The molecule has 5 N–H and O–H groups in total. The predicted octanol–water partition coefficient (Wildman–Crippen LogP) is -1.25. The number of aromatic nitrogens is 3. The molecule has 0 spiro atoms. The minimum Gasteiger partial charge on any atom is -0.396 e. The third kappa shape index (κ3) is 2.70. The van der Waals surface area contributed by atoms with Gasteiger partial charge in [-0.05, 0) is 5.92 Å². The number of carbonyl (C=O) groups is 1. The first-order valence-corrected chi connectivity index (χ1v) is 4.20. The molecule has 1 heterocycles. The van der Waals surface area contributed by atoms with Gasteiger partial charge < -0.3 is 16.2 Å². The van der Waals surface area contributed by atoms with Crippen molar-refractivity contribution in [2.45, 2.75) is 6.92 Å². The molecule has 1 aromatic rings. The lowest BCUT2D eigenvalue weighted by atomic mass is 10.2. The van der Waals surface area contributed by atoms with E-state index in [0.717, 1.165) is 0 Å². The van der Waals surface area contributed by atoms with Crippen LogP contribution in [-0.4, -0.2) is 39.3 Å². The molecule has 1 rings (SSSR count). The minimum atomic E-state index is -0.380. The number of aliphatic hydroxyl groups excluding tert-OH is 1. The highest BCUT2D eigenvalue weighted by molar-refractivity contribution is 5.90. The Balaban J connectivity index is 2.43. The van der Waals surface area contributed by atoms with E-state index in [4.69, 9.17) is 10.8 Å². The lowest BCUT2D eigenvalue weighted by Gasteiger charge is -2.07. The molecule has 0 aliphatic carbocycles. The van der Waals surface area contributed by atoms with Crippen molar-refractivity contribution < 1.29 is 9.90 Å². The molecule has 0 radical (unpaired) electrons. The topological polar surface area (TPSA) is 117 Å². The first kappa shape index (κ1) is 10.5. The third-order valence-corrected chi connectivity index (χ3v) is 1.64. The van der Waals surface area contributed by atoms with E-state index in [1.165, 1.54) is 0 Å². The van der Waals surface area contributed by atoms with Crippen molar-refractivity contribution in [3.8, 4) is 0 Å². The standard InChI is InChI=1S/C7H13N5O2/c1-4(3-13)2-9-6(14)5-10-7(8)12-11-5/h4,13H,2-3H2,1H3,(H,9,14)(H3,8,10,11,12). The second kappa shape index (κ2) is 4.56. The highest BCUT2D eigenvalue weighted by Crippen LogP contribution is 1.94. The summed E-state index contributed by atoms with van der Waals surface area (Å²) in [5.74, 6) is -0.258. The summed E-state index contributed by atoms with van der Waals surface area (Å²) in [6.07, 6.45) is 0. The van der Waals surface area contributed by atoms with Crippen LogP contribution in [0.4, 0.5) is 5.95 Å². The van der Waals surface area contributed by atoms with Crippen molar-refractivity contribution in [2.24, 2.45) is 5.92 Å². The number of H-pyrrole nitrogens is 1. The summed E-state index contributed by atoms with van der Waals surface area (Å²) in [6.45, 7) is 2.23. The van der Waals surface area contributed by atoms with Gasteiger partial charge in [-0.3, -0.25) is 9.89 Å². The zero-order chi connectivity index (χ0) is 10.6. The fourth-order valence-electron chi connectivity index (χ4n) is 0.792. The molecule has 0 aromatic carbocycles. The van der Waals surface area contributed by atoms with E-state index in [-0.39, 0.29) is 30.2 Å². The zero-order valence-electron chi connectivity index (χ0n) is 7.82. The zero-order valence-corrected chi connectivity index (χ0v) is 7.82. The second-order valence-electron chi connectivity index (χ2n) is 3.04. The van der Waals surface area contributed by atoms with Crippen molar-refractivity contribution in [1.29, 1.82) is 0 Å². The third-order valence-electron chi connectivity index (χ3n) is 1.64. The molecule has 0 aliphatic heterocycles. The molecule has 0 saturated heterocycles. The van der Waals surface area contributed by atoms with Crippen LogP contribution in [0.3, 0.4) is 0 Å². The van der Waals surface area contributed by atoms with Gasteiger partial charge in [-0.1, -0.05) is 6.92 Å². The average Bonchev–Trinajstić information content (AvgIpc) is 2.60. The van der Waals surface area contributed by atoms with Gasteiger partial charge in [0.2, 0.25) is 11.8 Å². The highest BCUT2D eigenvalue weighted by atomic mass is 16.3. The molecule has 0 aliphatic rings. The van der Waals surface area contributed by atoms with E-state index in [1.54, 1.807) is 0 Å². The molecule has 1 atom stereocenters. The fraction of sp³-hybridized carbons (Fsp3) is 0.571. The van der Waals surface area contributed by atoms with Crippen LogP contribution in [0.15, 0.2) is 0 Å². The number of anilines is 1. The summed E-state index contributed by atoms with van der Waals surface area (Å²) in [7, 11) is 0. The number of nitrogens with one attached hydrogen (secondary N) is 2. The highest BCUT2D eigenvalue weighted by Gasteiger charge is 2.10. The summed E-state index contributed by atoms with van der Waals surface area (Å²) in [6, 6.07) is 0. The van der Waals surface area contributed by atoms with E-state index >= 15 is 0 Å². The molecule has 1 aromatic heterocycles. The van der Waals surface area contributed by atoms with Crippen molar-refractivity contribution in [3.05, 3.63) is 5.82 Å². The Morgan fingerprint density at radius 2 is 2.50 bits per heavy atom. The first-order valence-electron chi connectivity index (χ1n) is 4.20. The lowest BCUT2D eigenvalue weighted by molar-refractivity contribution is 0.0932. The normalized spacial score (nSPS) is 12.4. The number of nitrogens with two attached hydrogens (primary N) is 1. The number of carbonyl (C=O) groups excluding carboxylic acids is 1. The molecular weight excluding hydrogens is 186 g/mol. The molecule has 0 fully saturated rings. The maximum Gasteiger partial charge on any atom is 0.288 e. The van der Waals surface area contributed by atoms with Crippen molar-refractivity contribution in [2.75, 3.05) is 18.9 Å². The molecule has 7 nitrogen and oxygen atoms in total. The van der Waals surface area contributed by atoms with E-state index in [9.17, 15) is 4.79 Å². The Morgan fingerprint density at radius 1 is 1.79 bits per heavy atom. The van der Waals surface area contributed by atoms with Gasteiger partial charge in [0.1, 0.15) is 0 Å². The average molecular weight is 199 g/mol. The number of aromatic amines is 1. The number of rotatable bonds is 4. The van der Waals surface area contributed by atoms with Crippen molar-refractivity contribution in [1.82, 2.24) is 20.5 Å². The monoisotopic (exact) mass is 199 g/mol. The number of amides is 1. The summed E-state index contributed by atoms with van der Waals surface area (Å²) < 4.78 is 0. The number of hydrogen-bond donors (Lipinski definition) is 4. The van der Waals surface area contributed by atoms with Gasteiger partial charge in [-0.15, -0.1) is 5.10 Å². The Bertz CT molecular complexity index is 311. The fourth-order valence-corrected chi connectivity index (χ4v) is 0.792. The molecule has 0 saturated carbocycles. The van der Waals surface area contributed by atoms with Crippen LogP contribution < -0.4 is 11.1 Å². The molecule has 1 unspecified atom stereocenters. The van der Waals surface area contributed by atoms with E-state index in [1.807, 2.05) is 6.92 Å². The Hall–Kier alpha value is -1.63. The van der Waals surface area contributed by atoms with Crippen LogP contribution in [0, 0.1) is 5.92 Å². The Kier molecular flexibility index (Phi) is 3.41. The molecule has 7 heteroatoms. The molecular formula is C7H13N5O2. The van der Waals surface area contributed by atoms with Crippen molar-refractivity contribution >= 4 is 11.9 Å². The molecule has 14 heavy (non-hydrogen) atoms. The maximum atomic E-state index is 11.3. The molecule has 78 valence electrons. The first-order chi connectivity index (χ1) is 6.63. The van der Waals surface area contributed by atoms with Crippen LogP contribution in [0.5, 0.6) is 0 Å². The van der Waals surface area contributed by atoms with Gasteiger partial charge in [-0.2, -0.15) is 4.98 Å². The molecule has 0 bridgehead atoms. The van der Waals surface area contributed by atoms with Gasteiger partial charge in [-0.25, -0.2) is 0 Å². The number of nitrogen functional groups attached to an aromatic ring is 1. The number of nitrogens with zero attached hydrogens (tertiary/aromatic N) is 2. The van der Waals surface area contributed by atoms with Gasteiger partial charge in [0.25, 0.3) is 5.91 Å². The smallest absolute Gasteiger partial charge is 0.288 e. The van der Waals surface area contributed by atoms with Gasteiger partial charge in [0.05, 0.1) is 0 Å². The minimum absolute atomic E-state index is 0.0132. The lowest BCUT2D eigenvalue weighted by Crippen LogP contribution is -2.30. The summed E-state index contributed by atoms with van der Waals surface area (Å²) in [4.78, 5) is 14.9. The number of aliphatic hydroxyl groups is 1. The SMILES string of the molecule is CC(CO)CNC(=O)c1nc(N)n[nH]1. The molecule has 1 amide bonds. The summed E-state index contributed by atoms with van der Waals surface area (Å²) in [5.41, 5.74) is 5.23. The van der Waals surface area contributed by atoms with Crippen LogP contribution in [0.2, 0.25) is 0 Å². The van der Waals surface area contributed by atoms with Gasteiger partial charge in [0.15, 0.2) is 0 Å². The van der Waals surface area contributed by atoms with E-state index in [0.29, 0.717) is 6.54 Å². The van der Waals surface area contributed by atoms with E-state index in [2.05, 4.69) is 20.5 Å². The van der Waals surface area contributed by atoms with Crippen molar-refractivity contribution in [3.63, 3.8) is 0 Å².